The van der Waals surface area contributed by atoms with Gasteiger partial charge in [-0.1, -0.05) is 12.8 Å². The van der Waals surface area contributed by atoms with Gasteiger partial charge in [0.25, 0.3) is 0 Å². The molecule has 4 nitrogen and oxygen atoms in total. The van der Waals surface area contributed by atoms with Crippen molar-refractivity contribution in [3.8, 4) is 0 Å². The Labute approximate surface area is 95.8 Å². The van der Waals surface area contributed by atoms with E-state index in [4.69, 9.17) is 5.73 Å². The summed E-state index contributed by atoms with van der Waals surface area (Å²) < 4.78 is 1.75. The minimum Gasteiger partial charge on any atom is -0.327 e. The molecule has 1 aromatic heterocycles. The molecule has 1 fully saturated rings. The highest BCUT2D eigenvalue weighted by Crippen LogP contribution is 2.26. The van der Waals surface area contributed by atoms with Gasteiger partial charge in [-0.2, -0.15) is 5.10 Å². The number of aromatic nitrogens is 2. The summed E-state index contributed by atoms with van der Waals surface area (Å²) in [5.74, 6) is 0.169. The lowest BCUT2D eigenvalue weighted by molar-refractivity contribution is 0.0860. The second kappa shape index (κ2) is 4.78. The third-order valence-electron chi connectivity index (χ3n) is 3.42. The van der Waals surface area contributed by atoms with Crippen LogP contribution in [0.15, 0.2) is 12.3 Å². The molecule has 1 aromatic rings. The zero-order chi connectivity index (χ0) is 11.5. The van der Waals surface area contributed by atoms with Crippen molar-refractivity contribution in [3.63, 3.8) is 0 Å². The minimum absolute atomic E-state index is 0.00394. The molecule has 0 amide bonds. The molecule has 88 valence electrons. The molecule has 2 rings (SSSR count). The van der Waals surface area contributed by atoms with Gasteiger partial charge in [-0.05, 0) is 25.8 Å². The maximum Gasteiger partial charge on any atom is 0.185 e. The van der Waals surface area contributed by atoms with E-state index < -0.39 is 0 Å². The SMILES string of the molecule is CCn1nccc1C(=O)C1CCCCC1N. The summed E-state index contributed by atoms with van der Waals surface area (Å²) in [6.45, 7) is 2.72. The zero-order valence-electron chi connectivity index (χ0n) is 9.72. The van der Waals surface area contributed by atoms with Crippen LogP contribution in [-0.2, 0) is 6.54 Å². The normalized spacial score (nSPS) is 25.6. The Morgan fingerprint density at radius 2 is 2.31 bits per heavy atom. The smallest absolute Gasteiger partial charge is 0.185 e. The third kappa shape index (κ3) is 2.02. The molecule has 1 aliphatic rings. The van der Waals surface area contributed by atoms with Gasteiger partial charge < -0.3 is 5.73 Å². The van der Waals surface area contributed by atoms with Crippen LogP contribution < -0.4 is 5.73 Å². The molecule has 2 N–H and O–H groups in total. The lowest BCUT2D eigenvalue weighted by Gasteiger charge is -2.27. The number of hydrogen-bond donors (Lipinski definition) is 1. The van der Waals surface area contributed by atoms with E-state index in [9.17, 15) is 4.79 Å². The molecule has 0 aromatic carbocycles. The summed E-state index contributed by atoms with van der Waals surface area (Å²) in [7, 11) is 0. The molecular weight excluding hydrogens is 202 g/mol. The maximum absolute atomic E-state index is 12.3. The van der Waals surface area contributed by atoms with E-state index in [0.29, 0.717) is 5.69 Å². The number of carbonyl (C=O) groups is 1. The molecule has 16 heavy (non-hydrogen) atoms. The highest BCUT2D eigenvalue weighted by atomic mass is 16.1. The molecule has 0 radical (unpaired) electrons. The van der Waals surface area contributed by atoms with Crippen molar-refractivity contribution in [3.05, 3.63) is 18.0 Å². The van der Waals surface area contributed by atoms with Crippen LogP contribution in [-0.4, -0.2) is 21.6 Å². The number of hydrogen-bond acceptors (Lipinski definition) is 3. The van der Waals surface area contributed by atoms with Crippen molar-refractivity contribution in [1.29, 1.82) is 0 Å². The van der Waals surface area contributed by atoms with E-state index in [2.05, 4.69) is 5.10 Å². The van der Waals surface area contributed by atoms with Crippen LogP contribution in [0, 0.1) is 5.92 Å². The predicted octanol–water partition coefficient (Wildman–Crippen LogP) is 1.60. The predicted molar refractivity (Wildman–Crippen MR) is 62.2 cm³/mol. The second-order valence-electron chi connectivity index (χ2n) is 4.45. The summed E-state index contributed by atoms with van der Waals surface area (Å²) in [6.07, 6.45) is 5.85. The van der Waals surface area contributed by atoms with Gasteiger partial charge >= 0.3 is 0 Å². The van der Waals surface area contributed by atoms with E-state index in [1.807, 2.05) is 6.92 Å². The van der Waals surface area contributed by atoms with Crippen LogP contribution in [0.2, 0.25) is 0 Å². The number of rotatable bonds is 3. The Morgan fingerprint density at radius 3 is 3.00 bits per heavy atom. The van der Waals surface area contributed by atoms with Crippen LogP contribution in [0.4, 0.5) is 0 Å². The Hall–Kier alpha value is -1.16. The minimum atomic E-state index is -0.00394. The van der Waals surface area contributed by atoms with E-state index in [0.717, 1.165) is 32.2 Å². The van der Waals surface area contributed by atoms with Gasteiger partial charge in [0.15, 0.2) is 5.78 Å². The van der Waals surface area contributed by atoms with Crippen LogP contribution in [0.5, 0.6) is 0 Å². The highest BCUT2D eigenvalue weighted by molar-refractivity contribution is 5.96. The summed E-state index contributed by atoms with van der Waals surface area (Å²) in [5.41, 5.74) is 6.74. The monoisotopic (exact) mass is 221 g/mol. The third-order valence-corrected chi connectivity index (χ3v) is 3.42. The van der Waals surface area contributed by atoms with Crippen molar-refractivity contribution < 1.29 is 4.79 Å². The van der Waals surface area contributed by atoms with Crippen molar-refractivity contribution in [2.75, 3.05) is 0 Å². The fourth-order valence-electron chi connectivity index (χ4n) is 2.47. The number of ketones is 1. The highest BCUT2D eigenvalue weighted by Gasteiger charge is 2.30. The average Bonchev–Trinajstić information content (AvgIpc) is 2.77. The molecule has 2 unspecified atom stereocenters. The van der Waals surface area contributed by atoms with Gasteiger partial charge in [-0.25, -0.2) is 0 Å². The fraction of sp³-hybridized carbons (Fsp3) is 0.667. The lowest BCUT2D eigenvalue weighted by Crippen LogP contribution is -2.38. The Morgan fingerprint density at radius 1 is 1.56 bits per heavy atom. The summed E-state index contributed by atoms with van der Waals surface area (Å²) in [6, 6.07) is 1.83. The molecule has 0 spiro atoms. The summed E-state index contributed by atoms with van der Waals surface area (Å²) in [5, 5.41) is 4.13. The number of nitrogens with two attached hydrogens (primary N) is 1. The van der Waals surface area contributed by atoms with Crippen molar-refractivity contribution in [2.45, 2.75) is 45.2 Å². The van der Waals surface area contributed by atoms with Crippen LogP contribution in [0.25, 0.3) is 0 Å². The molecule has 0 bridgehead atoms. The van der Waals surface area contributed by atoms with Gasteiger partial charge in [0.05, 0.1) is 0 Å². The first kappa shape index (κ1) is 11.3. The van der Waals surface area contributed by atoms with Gasteiger partial charge in [-0.3, -0.25) is 9.48 Å². The molecule has 2 atom stereocenters. The average molecular weight is 221 g/mol. The molecule has 0 aliphatic heterocycles. The number of nitrogens with zero attached hydrogens (tertiary/aromatic N) is 2. The zero-order valence-corrected chi connectivity index (χ0v) is 9.72. The van der Waals surface area contributed by atoms with E-state index in [-0.39, 0.29) is 17.7 Å². The van der Waals surface area contributed by atoms with Crippen molar-refractivity contribution >= 4 is 5.78 Å². The first-order chi connectivity index (χ1) is 7.74. The van der Waals surface area contributed by atoms with Crippen LogP contribution in [0.3, 0.4) is 0 Å². The Balaban J connectivity index is 2.17. The molecule has 0 saturated heterocycles. The van der Waals surface area contributed by atoms with Gasteiger partial charge in [0.1, 0.15) is 5.69 Å². The van der Waals surface area contributed by atoms with Gasteiger partial charge in [0.2, 0.25) is 0 Å². The topological polar surface area (TPSA) is 60.9 Å². The maximum atomic E-state index is 12.3. The molecule has 1 heterocycles. The Kier molecular flexibility index (Phi) is 3.39. The van der Waals surface area contributed by atoms with Crippen LogP contribution >= 0.6 is 0 Å². The number of aryl methyl sites for hydroxylation is 1. The van der Waals surface area contributed by atoms with Gasteiger partial charge in [-0.15, -0.1) is 0 Å². The molecular formula is C12H19N3O. The summed E-state index contributed by atoms with van der Waals surface area (Å²) in [4.78, 5) is 12.3. The number of Topliss-reactive ketones (excluding diaryl/α,β-unsaturated/α-hetero) is 1. The Bertz CT molecular complexity index is 372. The molecule has 4 heteroatoms. The van der Waals surface area contributed by atoms with E-state index >= 15 is 0 Å². The lowest BCUT2D eigenvalue weighted by atomic mass is 9.81. The van der Waals surface area contributed by atoms with Crippen molar-refractivity contribution in [2.24, 2.45) is 11.7 Å². The van der Waals surface area contributed by atoms with Crippen LogP contribution in [0.1, 0.15) is 43.1 Å². The number of carbonyl (C=O) groups excluding carboxylic acids is 1. The van der Waals surface area contributed by atoms with Gasteiger partial charge in [0, 0.05) is 24.7 Å². The first-order valence-corrected chi connectivity index (χ1v) is 6.05. The molecule has 1 saturated carbocycles. The quantitative estimate of drug-likeness (QED) is 0.789. The van der Waals surface area contributed by atoms with E-state index in [1.54, 1.807) is 16.9 Å². The first-order valence-electron chi connectivity index (χ1n) is 6.05. The van der Waals surface area contributed by atoms with Crippen molar-refractivity contribution in [1.82, 2.24) is 9.78 Å². The summed E-state index contributed by atoms with van der Waals surface area (Å²) >= 11 is 0. The second-order valence-corrected chi connectivity index (χ2v) is 4.45. The largest absolute Gasteiger partial charge is 0.327 e. The fourth-order valence-corrected chi connectivity index (χ4v) is 2.47. The standard InChI is InChI=1S/C12H19N3O/c1-2-15-11(7-8-14-15)12(16)9-5-3-4-6-10(9)13/h7-10H,2-6,13H2,1H3. The molecule has 1 aliphatic carbocycles. The van der Waals surface area contributed by atoms with E-state index in [1.165, 1.54) is 0 Å².